The molecule has 1 amide bonds. The molecule has 0 saturated carbocycles. The van der Waals surface area contributed by atoms with Crippen LogP contribution in [0.3, 0.4) is 0 Å². The number of amides is 1. The zero-order chi connectivity index (χ0) is 19.4. The van der Waals surface area contributed by atoms with Crippen LogP contribution in [0.4, 0.5) is 15.8 Å². The number of hydrogen-bond acceptors (Lipinski definition) is 5. The predicted octanol–water partition coefficient (Wildman–Crippen LogP) is 2.59. The first kappa shape index (κ1) is 17.9. The molecular weight excluding hydrogens is 355 g/mol. The zero-order valence-electron chi connectivity index (χ0n) is 13.8. The van der Waals surface area contributed by atoms with E-state index in [1.54, 1.807) is 0 Å². The van der Waals surface area contributed by atoms with E-state index in [9.17, 15) is 24.1 Å². The van der Waals surface area contributed by atoms with Crippen LogP contribution in [0.2, 0.25) is 0 Å². The Balaban J connectivity index is 1.81. The van der Waals surface area contributed by atoms with Crippen molar-refractivity contribution in [3.8, 4) is 0 Å². The lowest BCUT2D eigenvalue weighted by Crippen LogP contribution is -2.26. The number of nitrogens with zero attached hydrogens (tertiary/aromatic N) is 3. The SMILES string of the molecule is O=C(Nc1cccc([N+](=O)[O-])c1)c1ccc(=O)n(Cc2ccc(F)cc2)n1. The largest absolute Gasteiger partial charge is 0.320 e. The topological polar surface area (TPSA) is 107 Å². The maximum Gasteiger partial charge on any atom is 0.276 e. The highest BCUT2D eigenvalue weighted by molar-refractivity contribution is 6.02. The van der Waals surface area contributed by atoms with Crippen molar-refractivity contribution in [1.29, 1.82) is 0 Å². The van der Waals surface area contributed by atoms with Gasteiger partial charge in [0.15, 0.2) is 0 Å². The monoisotopic (exact) mass is 368 g/mol. The number of nitro benzene ring substituents is 1. The molecule has 1 aromatic heterocycles. The number of aromatic nitrogens is 2. The van der Waals surface area contributed by atoms with E-state index >= 15 is 0 Å². The summed E-state index contributed by atoms with van der Waals surface area (Å²) in [5.74, 6) is -1.02. The molecule has 136 valence electrons. The van der Waals surface area contributed by atoms with E-state index in [0.29, 0.717) is 5.56 Å². The molecule has 0 aliphatic carbocycles. The summed E-state index contributed by atoms with van der Waals surface area (Å²) in [4.78, 5) is 34.5. The third-order valence-corrected chi connectivity index (χ3v) is 3.66. The average Bonchev–Trinajstić information content (AvgIpc) is 2.65. The third kappa shape index (κ3) is 4.40. The highest BCUT2D eigenvalue weighted by Gasteiger charge is 2.12. The Morgan fingerprint density at radius 1 is 1.15 bits per heavy atom. The van der Waals surface area contributed by atoms with Gasteiger partial charge < -0.3 is 5.32 Å². The number of carbonyl (C=O) groups is 1. The quantitative estimate of drug-likeness (QED) is 0.550. The van der Waals surface area contributed by atoms with E-state index in [1.807, 2.05) is 0 Å². The summed E-state index contributed by atoms with van der Waals surface area (Å²) in [7, 11) is 0. The van der Waals surface area contributed by atoms with Crippen molar-refractivity contribution in [1.82, 2.24) is 9.78 Å². The zero-order valence-corrected chi connectivity index (χ0v) is 13.8. The van der Waals surface area contributed by atoms with Crippen molar-refractivity contribution in [2.75, 3.05) is 5.32 Å². The van der Waals surface area contributed by atoms with Crippen LogP contribution in [0.5, 0.6) is 0 Å². The second-order valence-electron chi connectivity index (χ2n) is 5.60. The van der Waals surface area contributed by atoms with Crippen molar-refractivity contribution in [2.24, 2.45) is 0 Å². The van der Waals surface area contributed by atoms with E-state index < -0.39 is 22.2 Å². The molecule has 0 unspecified atom stereocenters. The number of anilines is 1. The molecular formula is C18H13FN4O4. The van der Waals surface area contributed by atoms with Crippen molar-refractivity contribution in [3.63, 3.8) is 0 Å². The minimum atomic E-state index is -0.622. The van der Waals surface area contributed by atoms with E-state index in [1.165, 1.54) is 60.7 Å². The Hall–Kier alpha value is -3.88. The molecule has 9 heteroatoms. The standard InChI is InChI=1S/C18H13FN4O4/c19-13-6-4-12(5-7-13)11-22-17(24)9-8-16(21-22)18(25)20-14-2-1-3-15(10-14)23(26)27/h1-10H,11H2,(H,20,25). The Bertz CT molecular complexity index is 1060. The molecule has 3 aromatic rings. The Morgan fingerprint density at radius 3 is 2.59 bits per heavy atom. The third-order valence-electron chi connectivity index (χ3n) is 3.66. The molecule has 1 N–H and O–H groups in total. The molecule has 0 aliphatic rings. The maximum absolute atomic E-state index is 13.0. The molecule has 0 bridgehead atoms. The van der Waals surface area contributed by atoms with Gasteiger partial charge in [-0.3, -0.25) is 19.7 Å². The summed E-state index contributed by atoms with van der Waals surface area (Å²) < 4.78 is 14.1. The number of hydrogen-bond donors (Lipinski definition) is 1. The Morgan fingerprint density at radius 2 is 1.89 bits per heavy atom. The van der Waals surface area contributed by atoms with Crippen molar-refractivity contribution >= 4 is 17.3 Å². The van der Waals surface area contributed by atoms with Gasteiger partial charge in [-0.15, -0.1) is 0 Å². The van der Waals surface area contributed by atoms with Gasteiger partial charge >= 0.3 is 0 Å². The summed E-state index contributed by atoms with van der Waals surface area (Å²) in [6.07, 6.45) is 0. The van der Waals surface area contributed by atoms with Gasteiger partial charge in [0.2, 0.25) is 0 Å². The van der Waals surface area contributed by atoms with E-state index in [2.05, 4.69) is 10.4 Å². The smallest absolute Gasteiger partial charge is 0.276 e. The first-order chi connectivity index (χ1) is 12.9. The van der Waals surface area contributed by atoms with Gasteiger partial charge in [-0.05, 0) is 29.8 Å². The van der Waals surface area contributed by atoms with Crippen molar-refractivity contribution < 1.29 is 14.1 Å². The maximum atomic E-state index is 13.0. The lowest BCUT2D eigenvalue weighted by molar-refractivity contribution is -0.384. The second kappa shape index (κ2) is 7.56. The summed E-state index contributed by atoms with van der Waals surface area (Å²) in [6, 6.07) is 13.5. The molecule has 0 fully saturated rings. The summed E-state index contributed by atoms with van der Waals surface area (Å²) >= 11 is 0. The minimum Gasteiger partial charge on any atom is -0.320 e. The summed E-state index contributed by atoms with van der Waals surface area (Å²) in [5.41, 5.74) is 0.242. The van der Waals surface area contributed by atoms with Crippen LogP contribution in [0, 0.1) is 15.9 Å². The Kier molecular flexibility index (Phi) is 5.02. The lowest BCUT2D eigenvalue weighted by Gasteiger charge is -2.08. The molecule has 8 nitrogen and oxygen atoms in total. The van der Waals surface area contributed by atoms with Gasteiger partial charge in [-0.2, -0.15) is 5.10 Å². The molecule has 0 atom stereocenters. The van der Waals surface area contributed by atoms with Crippen LogP contribution in [-0.2, 0) is 6.54 Å². The number of nitrogens with one attached hydrogen (secondary N) is 1. The van der Waals surface area contributed by atoms with Crippen LogP contribution in [-0.4, -0.2) is 20.6 Å². The highest BCUT2D eigenvalue weighted by atomic mass is 19.1. The number of carbonyl (C=O) groups excluding carboxylic acids is 1. The molecule has 1 heterocycles. The minimum absolute atomic E-state index is 0.0387. The fourth-order valence-corrected chi connectivity index (χ4v) is 2.34. The first-order valence-corrected chi connectivity index (χ1v) is 7.81. The molecule has 0 aliphatic heterocycles. The molecule has 2 aromatic carbocycles. The van der Waals surface area contributed by atoms with Crippen LogP contribution >= 0.6 is 0 Å². The van der Waals surface area contributed by atoms with Gasteiger partial charge in [-0.1, -0.05) is 18.2 Å². The number of rotatable bonds is 5. The summed E-state index contributed by atoms with van der Waals surface area (Å²) in [6.45, 7) is 0.0665. The molecule has 0 spiro atoms. The van der Waals surface area contributed by atoms with Crippen LogP contribution in [0.25, 0.3) is 0 Å². The molecule has 0 radical (unpaired) electrons. The number of benzene rings is 2. The highest BCUT2D eigenvalue weighted by Crippen LogP contribution is 2.17. The molecule has 3 rings (SSSR count). The molecule has 0 saturated heterocycles. The van der Waals surface area contributed by atoms with E-state index in [0.717, 1.165) is 4.68 Å². The predicted molar refractivity (Wildman–Crippen MR) is 95.0 cm³/mol. The van der Waals surface area contributed by atoms with Crippen molar-refractivity contribution in [2.45, 2.75) is 6.54 Å². The van der Waals surface area contributed by atoms with E-state index in [-0.39, 0.29) is 23.6 Å². The Labute approximate surface area is 152 Å². The normalized spacial score (nSPS) is 10.4. The van der Waals surface area contributed by atoms with Crippen LogP contribution in [0.1, 0.15) is 16.1 Å². The van der Waals surface area contributed by atoms with Crippen LogP contribution < -0.4 is 10.9 Å². The fraction of sp³-hybridized carbons (Fsp3) is 0.0556. The number of non-ortho nitro benzene ring substituents is 1. The number of nitro groups is 1. The summed E-state index contributed by atoms with van der Waals surface area (Å²) in [5, 5.41) is 17.3. The van der Waals surface area contributed by atoms with Gasteiger partial charge in [0.05, 0.1) is 11.5 Å². The lowest BCUT2D eigenvalue weighted by atomic mass is 10.2. The average molecular weight is 368 g/mol. The van der Waals surface area contributed by atoms with Gasteiger partial charge in [0.1, 0.15) is 11.5 Å². The van der Waals surface area contributed by atoms with E-state index in [4.69, 9.17) is 0 Å². The second-order valence-corrected chi connectivity index (χ2v) is 5.60. The van der Waals surface area contributed by atoms with Gasteiger partial charge in [0.25, 0.3) is 17.2 Å². The number of halogens is 1. The first-order valence-electron chi connectivity index (χ1n) is 7.81. The van der Waals surface area contributed by atoms with Gasteiger partial charge in [0, 0.05) is 23.9 Å². The van der Waals surface area contributed by atoms with Crippen LogP contribution in [0.15, 0.2) is 65.5 Å². The fourth-order valence-electron chi connectivity index (χ4n) is 2.34. The van der Waals surface area contributed by atoms with Crippen molar-refractivity contribution in [3.05, 3.63) is 98.2 Å². The molecule has 27 heavy (non-hydrogen) atoms. The van der Waals surface area contributed by atoms with Gasteiger partial charge in [-0.25, -0.2) is 9.07 Å².